The second-order valence-corrected chi connectivity index (χ2v) is 4.37. The Bertz CT molecular complexity index is 584. The molecule has 1 aromatic carbocycles. The van der Waals surface area contributed by atoms with E-state index in [0.29, 0.717) is 11.4 Å². The number of anilines is 1. The van der Waals surface area contributed by atoms with Crippen molar-refractivity contribution >= 4 is 23.3 Å². The highest BCUT2D eigenvalue weighted by Gasteiger charge is 2.36. The van der Waals surface area contributed by atoms with Gasteiger partial charge in [-0.05, 0) is 19.1 Å². The van der Waals surface area contributed by atoms with Gasteiger partial charge in [0.25, 0.3) is 0 Å². The Kier molecular flexibility index (Phi) is 4.42. The van der Waals surface area contributed by atoms with Crippen LogP contribution in [0.15, 0.2) is 29.4 Å². The summed E-state index contributed by atoms with van der Waals surface area (Å²) in [7, 11) is 1.52. The van der Waals surface area contributed by atoms with E-state index in [-0.39, 0.29) is 18.7 Å². The average Bonchev–Trinajstić information content (AvgIpc) is 2.93. The molecule has 112 valence electrons. The smallest absolute Gasteiger partial charge is 0.354 e. The first-order valence-corrected chi connectivity index (χ1v) is 6.47. The number of methoxy groups -OCH3 is 1. The first kappa shape index (κ1) is 14.8. The SMILES string of the molecule is CCOC(=O)C1=NN(c2cccc(OC)c2)[C@@H](C(=O)O)C1. The quantitative estimate of drug-likeness (QED) is 0.822. The number of carbonyl (C=O) groups excluding carboxylic acids is 1. The number of rotatable bonds is 5. The number of benzene rings is 1. The summed E-state index contributed by atoms with van der Waals surface area (Å²) in [6.45, 7) is 1.90. The molecule has 0 saturated heterocycles. The molecule has 0 fully saturated rings. The lowest BCUT2D eigenvalue weighted by Gasteiger charge is -2.20. The molecule has 0 saturated carbocycles. The van der Waals surface area contributed by atoms with Crippen LogP contribution >= 0.6 is 0 Å². The molecule has 1 atom stereocenters. The predicted molar refractivity (Wildman–Crippen MR) is 75.6 cm³/mol. The van der Waals surface area contributed by atoms with Crippen LogP contribution in [0, 0.1) is 0 Å². The maximum absolute atomic E-state index is 11.7. The maximum Gasteiger partial charge on any atom is 0.354 e. The Balaban J connectivity index is 2.32. The molecule has 7 heteroatoms. The van der Waals surface area contributed by atoms with Crippen LogP contribution in [0.2, 0.25) is 0 Å². The van der Waals surface area contributed by atoms with Gasteiger partial charge in [0, 0.05) is 12.5 Å². The number of carbonyl (C=O) groups is 2. The molecule has 1 N–H and O–H groups in total. The van der Waals surface area contributed by atoms with E-state index in [1.165, 1.54) is 12.1 Å². The normalized spacial score (nSPS) is 17.3. The van der Waals surface area contributed by atoms with Crippen molar-refractivity contribution in [3.63, 3.8) is 0 Å². The molecule has 2 rings (SSSR count). The highest BCUT2D eigenvalue weighted by atomic mass is 16.5. The molecule has 0 spiro atoms. The molecule has 0 unspecified atom stereocenters. The Hall–Kier alpha value is -2.57. The van der Waals surface area contributed by atoms with Crippen LogP contribution in [-0.4, -0.2) is 42.5 Å². The minimum Gasteiger partial charge on any atom is -0.497 e. The van der Waals surface area contributed by atoms with Gasteiger partial charge in [0.1, 0.15) is 11.5 Å². The number of carboxylic acid groups (broad SMARTS) is 1. The monoisotopic (exact) mass is 292 g/mol. The van der Waals surface area contributed by atoms with Gasteiger partial charge in [-0.15, -0.1) is 0 Å². The summed E-state index contributed by atoms with van der Waals surface area (Å²) in [5, 5.41) is 14.7. The van der Waals surface area contributed by atoms with Gasteiger partial charge in [-0.3, -0.25) is 5.01 Å². The molecule has 21 heavy (non-hydrogen) atoms. The third-order valence-corrected chi connectivity index (χ3v) is 3.02. The maximum atomic E-state index is 11.7. The van der Waals surface area contributed by atoms with Crippen LogP contribution in [0.25, 0.3) is 0 Å². The molecule has 1 aliphatic rings. The zero-order valence-corrected chi connectivity index (χ0v) is 11.8. The summed E-state index contributed by atoms with van der Waals surface area (Å²) in [6, 6.07) is 5.90. The van der Waals surface area contributed by atoms with E-state index in [9.17, 15) is 14.7 Å². The largest absolute Gasteiger partial charge is 0.497 e. The Morgan fingerprint density at radius 3 is 2.86 bits per heavy atom. The number of hydrogen-bond acceptors (Lipinski definition) is 6. The lowest BCUT2D eigenvalue weighted by molar-refractivity contribution is -0.138. The fourth-order valence-corrected chi connectivity index (χ4v) is 2.03. The van der Waals surface area contributed by atoms with E-state index in [2.05, 4.69) is 5.10 Å². The second kappa shape index (κ2) is 6.25. The molecule has 0 radical (unpaired) electrons. The Morgan fingerprint density at radius 1 is 1.48 bits per heavy atom. The van der Waals surface area contributed by atoms with Crippen molar-refractivity contribution in [2.24, 2.45) is 5.10 Å². The molecular weight excluding hydrogens is 276 g/mol. The standard InChI is InChI=1S/C14H16N2O5/c1-3-21-14(19)11-8-12(13(17)18)16(15-11)9-5-4-6-10(7-9)20-2/h4-7,12H,3,8H2,1-2H3,(H,17,18)/t12-/m1/s1. The molecule has 1 heterocycles. The van der Waals surface area contributed by atoms with Crippen molar-refractivity contribution in [3.8, 4) is 5.75 Å². The van der Waals surface area contributed by atoms with E-state index in [1.54, 1.807) is 31.2 Å². The number of nitrogens with zero attached hydrogens (tertiary/aromatic N) is 2. The van der Waals surface area contributed by atoms with Crippen LogP contribution in [0.3, 0.4) is 0 Å². The Morgan fingerprint density at radius 2 is 2.24 bits per heavy atom. The van der Waals surface area contributed by atoms with Crippen LogP contribution < -0.4 is 9.75 Å². The number of aliphatic carboxylic acids is 1. The van der Waals surface area contributed by atoms with E-state index in [0.717, 1.165) is 0 Å². The highest BCUT2D eigenvalue weighted by Crippen LogP contribution is 2.28. The van der Waals surface area contributed by atoms with Crippen molar-refractivity contribution in [1.29, 1.82) is 0 Å². The van der Waals surface area contributed by atoms with E-state index in [1.807, 2.05) is 0 Å². The number of carboxylic acids is 1. The molecule has 7 nitrogen and oxygen atoms in total. The van der Waals surface area contributed by atoms with Crippen molar-refractivity contribution in [3.05, 3.63) is 24.3 Å². The van der Waals surface area contributed by atoms with Crippen LogP contribution in [0.1, 0.15) is 13.3 Å². The number of ether oxygens (including phenoxy) is 2. The zero-order valence-electron chi connectivity index (χ0n) is 11.8. The zero-order chi connectivity index (χ0) is 15.4. The van der Waals surface area contributed by atoms with Gasteiger partial charge in [-0.2, -0.15) is 5.10 Å². The van der Waals surface area contributed by atoms with Gasteiger partial charge in [0.2, 0.25) is 0 Å². The van der Waals surface area contributed by atoms with Crippen molar-refractivity contribution < 1.29 is 24.2 Å². The van der Waals surface area contributed by atoms with Gasteiger partial charge >= 0.3 is 11.9 Å². The fourth-order valence-electron chi connectivity index (χ4n) is 2.03. The number of hydrogen-bond donors (Lipinski definition) is 1. The van der Waals surface area contributed by atoms with Gasteiger partial charge in [0.05, 0.1) is 19.4 Å². The molecule has 1 aliphatic heterocycles. The van der Waals surface area contributed by atoms with Crippen molar-refractivity contribution in [2.75, 3.05) is 18.7 Å². The summed E-state index contributed by atoms with van der Waals surface area (Å²) in [5.74, 6) is -1.06. The third-order valence-electron chi connectivity index (χ3n) is 3.02. The first-order chi connectivity index (χ1) is 10.1. The molecule has 1 aromatic rings. The summed E-state index contributed by atoms with van der Waals surface area (Å²) in [4.78, 5) is 23.1. The van der Waals surface area contributed by atoms with Crippen LogP contribution in [-0.2, 0) is 14.3 Å². The topological polar surface area (TPSA) is 88.4 Å². The third kappa shape index (κ3) is 3.13. The van der Waals surface area contributed by atoms with Gasteiger partial charge in [0.15, 0.2) is 6.04 Å². The summed E-state index contributed by atoms with van der Waals surface area (Å²) in [6.07, 6.45) is 0.00533. The molecule has 0 amide bonds. The summed E-state index contributed by atoms with van der Waals surface area (Å²) in [5.41, 5.74) is 0.646. The van der Waals surface area contributed by atoms with E-state index < -0.39 is 18.0 Å². The van der Waals surface area contributed by atoms with E-state index >= 15 is 0 Å². The fraction of sp³-hybridized carbons (Fsp3) is 0.357. The molecular formula is C14H16N2O5. The van der Waals surface area contributed by atoms with Gasteiger partial charge in [-0.25, -0.2) is 9.59 Å². The predicted octanol–water partition coefficient (Wildman–Crippen LogP) is 1.28. The second-order valence-electron chi connectivity index (χ2n) is 4.37. The lowest BCUT2D eigenvalue weighted by Crippen LogP contribution is -2.34. The van der Waals surface area contributed by atoms with Crippen LogP contribution in [0.4, 0.5) is 5.69 Å². The first-order valence-electron chi connectivity index (χ1n) is 6.47. The lowest BCUT2D eigenvalue weighted by atomic mass is 10.1. The van der Waals surface area contributed by atoms with Crippen LogP contribution in [0.5, 0.6) is 5.75 Å². The molecule has 0 bridgehead atoms. The van der Waals surface area contributed by atoms with Gasteiger partial charge < -0.3 is 14.6 Å². The van der Waals surface area contributed by atoms with E-state index in [4.69, 9.17) is 9.47 Å². The highest BCUT2D eigenvalue weighted by molar-refractivity contribution is 6.38. The number of esters is 1. The summed E-state index contributed by atoms with van der Waals surface area (Å²) >= 11 is 0. The van der Waals surface area contributed by atoms with Crippen molar-refractivity contribution in [2.45, 2.75) is 19.4 Å². The van der Waals surface area contributed by atoms with Gasteiger partial charge in [-0.1, -0.05) is 6.07 Å². The molecule has 0 aliphatic carbocycles. The summed E-state index contributed by atoms with van der Waals surface area (Å²) < 4.78 is 9.98. The average molecular weight is 292 g/mol. The minimum absolute atomic E-state index is 0.00533. The molecule has 0 aromatic heterocycles. The Labute approximate surface area is 121 Å². The minimum atomic E-state index is -1.05. The number of hydrazone groups is 1. The van der Waals surface area contributed by atoms with Crippen molar-refractivity contribution in [1.82, 2.24) is 0 Å².